The van der Waals surface area contributed by atoms with Crippen LogP contribution in [0.5, 0.6) is 0 Å². The van der Waals surface area contributed by atoms with Gasteiger partial charge in [-0.25, -0.2) is 0 Å². The predicted octanol–water partition coefficient (Wildman–Crippen LogP) is 21.8. The van der Waals surface area contributed by atoms with E-state index in [0.717, 1.165) is 61.1 Å². The van der Waals surface area contributed by atoms with Crippen LogP contribution in [0.15, 0.2) is 351 Å². The van der Waals surface area contributed by atoms with Gasteiger partial charge in [-0.1, -0.05) is 273 Å². The SMILES string of the molecule is [2H]c1c([2H])c([2H])c2c(c1[2H])c1c([2H])c([2H])c([2H])c([2H])c1n2-c1ccc2c(c1)N(c1c(-c3ccccc3)cccc1-c1ccccc1)c1cc(-c3cc(C#N)cc(-c4ccccc4)c3)cc3c1B2c1ccc(-n2c4c([2H])c([2H])c([2H])c([2H])c4c4c([2H])c([2H])c([2H])c([2H])c42)cc1N3c1c(-c2ccccc2)cccc1-c1ccccc1. The van der Waals surface area contributed by atoms with Crippen LogP contribution in [-0.4, -0.2) is 15.8 Å². The summed E-state index contributed by atoms with van der Waals surface area (Å²) in [7, 11) is 0. The Kier molecular flexibility index (Phi) is 9.72. The third-order valence-electron chi connectivity index (χ3n) is 19.0. The first-order valence-corrected chi connectivity index (χ1v) is 31.9. The third-order valence-corrected chi connectivity index (χ3v) is 19.0. The third kappa shape index (κ3) is 8.94. The molecular formula is C91H58BN5. The fourth-order valence-corrected chi connectivity index (χ4v) is 14.9. The Morgan fingerprint density at radius 1 is 0.289 bits per heavy atom. The average Bonchev–Trinajstić information content (AvgIpc) is 1.60. The summed E-state index contributed by atoms with van der Waals surface area (Å²) in [4.78, 5) is 4.48. The van der Waals surface area contributed by atoms with Crippen LogP contribution in [0, 0.1) is 11.3 Å². The fourth-order valence-electron chi connectivity index (χ4n) is 14.9. The molecule has 4 heterocycles. The molecule has 2 aliphatic heterocycles. The van der Waals surface area contributed by atoms with E-state index in [4.69, 9.17) is 5.48 Å². The zero-order valence-corrected chi connectivity index (χ0v) is 51.6. The summed E-state index contributed by atoms with van der Waals surface area (Å²) in [5.41, 5.74) is 15.9. The van der Waals surface area contributed by atoms with E-state index in [2.05, 4.69) is 107 Å². The van der Waals surface area contributed by atoms with Gasteiger partial charge in [0.1, 0.15) is 0 Å². The van der Waals surface area contributed by atoms with E-state index in [0.29, 0.717) is 61.7 Å². The molecule has 0 unspecified atom stereocenters. The number of rotatable bonds is 10. The second kappa shape index (κ2) is 22.7. The van der Waals surface area contributed by atoms with Crippen molar-refractivity contribution >= 4 is 101 Å². The number of nitriles is 1. The molecule has 6 heteroatoms. The van der Waals surface area contributed by atoms with Gasteiger partial charge in [0.05, 0.1) is 67.0 Å². The summed E-state index contributed by atoms with van der Waals surface area (Å²) < 4.78 is 154. The monoisotopic (exact) mass is 1250 g/mol. The minimum absolute atomic E-state index is 0.0798. The molecule has 2 aromatic heterocycles. The molecule has 97 heavy (non-hydrogen) atoms. The van der Waals surface area contributed by atoms with Crippen molar-refractivity contribution in [3.05, 3.63) is 357 Å². The lowest BCUT2D eigenvalue weighted by Crippen LogP contribution is -2.61. The van der Waals surface area contributed by atoms with Crippen molar-refractivity contribution in [2.45, 2.75) is 0 Å². The molecule has 0 atom stereocenters. The molecule has 15 aromatic carbocycles. The normalized spacial score (nSPS) is 14.6. The summed E-state index contributed by atoms with van der Waals surface area (Å²) >= 11 is 0. The molecule has 0 amide bonds. The highest BCUT2D eigenvalue weighted by Crippen LogP contribution is 2.54. The standard InChI is InChI=1S/C91H58BN5/c93-59-60-52-66(61-26-6-1-7-27-61)54-67(53-60)68-55-87-89-88(56-68)97(91-73(64-32-12-4-13-33-64)42-25-43-74(91)65-34-14-5-15-35-65)86-58-70(95-83-46-22-18-38-77(83)78-39-19-23-47-84(78)95)49-51-80(86)92(89)79-50-48-69(94-81-44-20-16-36-75(81)76-37-17-21-45-82(76)94)57-85(79)96(87)90-71(62-28-8-2-9-29-62)40-24-41-72(90)63-30-10-3-11-31-63/h1-58H/i16D,17D,18D,19D,20D,21D,22D,23D,36D,37D,38D,39D,44D,45D,46D,47D. The molecule has 0 N–H and O–H groups in total. The molecular weight excluding hydrogens is 1170 g/mol. The molecule has 0 spiro atoms. The van der Waals surface area contributed by atoms with Crippen molar-refractivity contribution in [3.63, 3.8) is 0 Å². The van der Waals surface area contributed by atoms with Crippen LogP contribution in [0.3, 0.4) is 0 Å². The molecule has 0 aliphatic carbocycles. The Balaban J connectivity index is 1.04. The Morgan fingerprint density at radius 3 is 0.959 bits per heavy atom. The number of aromatic nitrogens is 2. The molecule has 0 saturated heterocycles. The quantitative estimate of drug-likeness (QED) is 0.128. The maximum atomic E-state index is 11.3. The number of hydrogen-bond acceptors (Lipinski definition) is 3. The van der Waals surface area contributed by atoms with E-state index < -0.39 is 103 Å². The first-order chi connectivity index (χ1) is 54.8. The van der Waals surface area contributed by atoms with Crippen molar-refractivity contribution < 1.29 is 21.9 Å². The summed E-state index contributed by atoms with van der Waals surface area (Å²) in [6.07, 6.45) is 0. The van der Waals surface area contributed by atoms with Crippen molar-refractivity contribution in [1.82, 2.24) is 9.13 Å². The van der Waals surface area contributed by atoms with Crippen molar-refractivity contribution in [2.24, 2.45) is 0 Å². The second-order valence-corrected chi connectivity index (χ2v) is 24.2. The molecule has 0 fully saturated rings. The zero-order valence-electron chi connectivity index (χ0n) is 67.6. The summed E-state index contributed by atoms with van der Waals surface area (Å²) in [5.74, 6) is 0. The van der Waals surface area contributed by atoms with Gasteiger partial charge < -0.3 is 18.9 Å². The largest absolute Gasteiger partial charge is 0.310 e. The molecule has 5 nitrogen and oxygen atoms in total. The number of nitrogens with zero attached hydrogens (tertiary/aromatic N) is 5. The summed E-state index contributed by atoms with van der Waals surface area (Å²) in [6.45, 7) is -0.825. The van der Waals surface area contributed by atoms with E-state index in [9.17, 15) is 21.7 Å². The summed E-state index contributed by atoms with van der Waals surface area (Å²) in [6, 6.07) is 77.7. The molecule has 17 aromatic rings. The Labute approximate surface area is 585 Å². The number of hydrogen-bond donors (Lipinski definition) is 0. The number of fused-ring (bicyclic) bond motifs is 10. The highest BCUT2D eigenvalue weighted by molar-refractivity contribution is 7.00. The minimum Gasteiger partial charge on any atom is -0.310 e. The maximum Gasteiger partial charge on any atom is 0.252 e. The van der Waals surface area contributed by atoms with Gasteiger partial charge in [-0.05, 0) is 140 Å². The van der Waals surface area contributed by atoms with E-state index in [-0.39, 0.29) is 55.0 Å². The molecule has 0 radical (unpaired) electrons. The van der Waals surface area contributed by atoms with Gasteiger partial charge in [-0.3, -0.25) is 0 Å². The van der Waals surface area contributed by atoms with Gasteiger partial charge in [0.25, 0.3) is 6.71 Å². The second-order valence-electron chi connectivity index (χ2n) is 24.2. The van der Waals surface area contributed by atoms with E-state index in [1.165, 1.54) is 9.13 Å². The van der Waals surface area contributed by atoms with Crippen LogP contribution >= 0.6 is 0 Å². The lowest BCUT2D eigenvalue weighted by Gasteiger charge is -2.46. The van der Waals surface area contributed by atoms with Crippen molar-refractivity contribution in [2.75, 3.05) is 9.80 Å². The molecule has 0 saturated carbocycles. The maximum absolute atomic E-state index is 11.3. The van der Waals surface area contributed by atoms with Crippen LogP contribution in [0.4, 0.5) is 34.1 Å². The molecule has 2 aliphatic rings. The van der Waals surface area contributed by atoms with Gasteiger partial charge in [-0.15, -0.1) is 0 Å². The molecule has 19 rings (SSSR count). The lowest BCUT2D eigenvalue weighted by molar-refractivity contribution is 1.17. The highest BCUT2D eigenvalue weighted by Gasteiger charge is 2.46. The molecule has 0 bridgehead atoms. The van der Waals surface area contributed by atoms with E-state index in [1.54, 1.807) is 0 Å². The van der Waals surface area contributed by atoms with Crippen LogP contribution in [0.2, 0.25) is 0 Å². The summed E-state index contributed by atoms with van der Waals surface area (Å²) in [5, 5.41) is 10.9. The molecule has 450 valence electrons. The van der Waals surface area contributed by atoms with Crippen LogP contribution < -0.4 is 26.2 Å². The van der Waals surface area contributed by atoms with Gasteiger partial charge >= 0.3 is 0 Å². The highest BCUT2D eigenvalue weighted by atomic mass is 15.2. The first-order valence-electron chi connectivity index (χ1n) is 39.9. The average molecular weight is 1250 g/mol. The Bertz CT molecular complexity index is 6400. The fraction of sp³-hybridized carbons (Fsp3) is 0. The number of benzene rings is 15. The van der Waals surface area contributed by atoms with E-state index >= 15 is 0 Å². The number of para-hydroxylation sites is 6. The van der Waals surface area contributed by atoms with Crippen LogP contribution in [0.1, 0.15) is 27.5 Å². The van der Waals surface area contributed by atoms with Crippen LogP contribution in [-0.2, 0) is 0 Å². The zero-order chi connectivity index (χ0) is 78.0. The number of anilines is 6. The van der Waals surface area contributed by atoms with E-state index in [1.807, 2.05) is 164 Å². The van der Waals surface area contributed by atoms with Gasteiger partial charge in [0.2, 0.25) is 0 Å². The smallest absolute Gasteiger partial charge is 0.252 e. The Hall–Kier alpha value is -12.9. The predicted molar refractivity (Wildman–Crippen MR) is 406 cm³/mol. The van der Waals surface area contributed by atoms with Crippen LogP contribution in [0.25, 0.3) is 122 Å². The minimum atomic E-state index is -0.825. The van der Waals surface area contributed by atoms with Crippen molar-refractivity contribution in [1.29, 1.82) is 5.26 Å². The van der Waals surface area contributed by atoms with Gasteiger partial charge in [0, 0.05) is 77.9 Å². The Morgan fingerprint density at radius 2 is 0.608 bits per heavy atom. The van der Waals surface area contributed by atoms with Gasteiger partial charge in [-0.2, -0.15) is 5.26 Å². The van der Waals surface area contributed by atoms with Crippen molar-refractivity contribution in [3.8, 4) is 84.2 Å². The first kappa shape index (κ1) is 41.6. The lowest BCUT2D eigenvalue weighted by atomic mass is 9.33. The van der Waals surface area contributed by atoms with Gasteiger partial charge in [0.15, 0.2) is 0 Å². The topological polar surface area (TPSA) is 40.1 Å².